The molecule has 0 saturated heterocycles. The van der Waals surface area contributed by atoms with Crippen molar-refractivity contribution in [3.8, 4) is 5.75 Å². The Morgan fingerprint density at radius 3 is 2.31 bits per heavy atom. The third-order valence-electron chi connectivity index (χ3n) is 1.65. The highest BCUT2D eigenvalue weighted by molar-refractivity contribution is 9.11. The summed E-state index contributed by atoms with van der Waals surface area (Å²) in [4.78, 5) is 11.1. The quantitative estimate of drug-likeness (QED) is 0.733. The molecule has 0 spiro atoms. The average Bonchev–Trinajstić information content (AvgIpc) is 2.10. The van der Waals surface area contributed by atoms with Crippen LogP contribution >= 0.6 is 31.9 Å². The number of benzene rings is 1. The Hall–Kier alpha value is -0.560. The van der Waals surface area contributed by atoms with E-state index in [2.05, 4.69) is 36.6 Å². The number of hydrogen-bond donors (Lipinski definition) is 0. The lowest BCUT2D eigenvalue weighted by molar-refractivity contribution is -0.275. The van der Waals surface area contributed by atoms with E-state index in [0.717, 1.165) is 0 Å². The van der Waals surface area contributed by atoms with Gasteiger partial charge < -0.3 is 4.74 Å². The van der Waals surface area contributed by atoms with Crippen molar-refractivity contribution in [3.05, 3.63) is 26.6 Å². The molecular weight excluding hydrogens is 357 g/mol. The van der Waals surface area contributed by atoms with E-state index in [-0.39, 0.29) is 20.3 Å². The lowest BCUT2D eigenvalue weighted by Crippen LogP contribution is -2.18. The first-order chi connectivity index (χ1) is 7.22. The molecule has 0 amide bonds. The average molecular weight is 362 g/mol. The smallest absolute Gasteiger partial charge is 0.403 e. The van der Waals surface area contributed by atoms with E-state index in [1.807, 2.05) is 0 Å². The van der Waals surface area contributed by atoms with Crippen molar-refractivity contribution in [1.82, 2.24) is 0 Å². The summed E-state index contributed by atoms with van der Waals surface area (Å²) in [5, 5.41) is 0. The molecule has 0 radical (unpaired) electrons. The Kier molecular flexibility index (Phi) is 4.01. The van der Waals surface area contributed by atoms with E-state index < -0.39 is 12.1 Å². The SMILES string of the molecule is CC(=O)c1ccc(Br)c(OC(F)(F)F)c1Br. The largest absolute Gasteiger partial charge is 0.573 e. The topological polar surface area (TPSA) is 26.3 Å². The standard InChI is InChI=1S/C9H5Br2F3O2/c1-4(15)5-2-3-6(10)8(7(5)11)16-9(12,13)14/h2-3H,1H3. The van der Waals surface area contributed by atoms with Crippen LogP contribution in [0.15, 0.2) is 21.1 Å². The molecule has 1 aromatic carbocycles. The highest BCUT2D eigenvalue weighted by Gasteiger charge is 2.33. The Morgan fingerprint density at radius 1 is 1.31 bits per heavy atom. The Bertz CT molecular complexity index is 429. The van der Waals surface area contributed by atoms with Crippen LogP contribution in [-0.4, -0.2) is 12.1 Å². The zero-order valence-corrected chi connectivity index (χ0v) is 11.0. The van der Waals surface area contributed by atoms with Gasteiger partial charge in [-0.15, -0.1) is 13.2 Å². The summed E-state index contributed by atoms with van der Waals surface area (Å²) in [5.74, 6) is -0.813. The van der Waals surface area contributed by atoms with Crippen LogP contribution in [0.4, 0.5) is 13.2 Å². The Balaban J connectivity index is 3.27. The van der Waals surface area contributed by atoms with Crippen LogP contribution in [0.5, 0.6) is 5.75 Å². The van der Waals surface area contributed by atoms with Gasteiger partial charge >= 0.3 is 6.36 Å². The lowest BCUT2D eigenvalue weighted by Gasteiger charge is -2.13. The Labute approximate surface area is 106 Å². The molecule has 16 heavy (non-hydrogen) atoms. The Morgan fingerprint density at radius 2 is 1.88 bits per heavy atom. The normalized spacial score (nSPS) is 11.4. The van der Waals surface area contributed by atoms with Gasteiger partial charge in [0.25, 0.3) is 0 Å². The molecule has 0 heterocycles. The molecule has 0 bridgehead atoms. The number of rotatable bonds is 2. The number of ether oxygens (including phenoxy) is 1. The molecule has 0 saturated carbocycles. The van der Waals surface area contributed by atoms with Crippen LogP contribution in [0.3, 0.4) is 0 Å². The summed E-state index contributed by atoms with van der Waals surface area (Å²) in [6.07, 6.45) is -4.81. The summed E-state index contributed by atoms with van der Waals surface area (Å²) >= 11 is 5.83. The summed E-state index contributed by atoms with van der Waals surface area (Å²) in [5.41, 5.74) is 0.127. The van der Waals surface area contributed by atoms with Gasteiger partial charge in [-0.1, -0.05) is 0 Å². The number of carbonyl (C=O) groups excluding carboxylic acids is 1. The minimum Gasteiger partial charge on any atom is -0.403 e. The van der Waals surface area contributed by atoms with Gasteiger partial charge in [-0.05, 0) is 50.9 Å². The maximum absolute atomic E-state index is 12.1. The number of Topliss-reactive ketones (excluding diaryl/α,β-unsaturated/α-hetero) is 1. The number of carbonyl (C=O) groups is 1. The first-order valence-corrected chi connectivity index (χ1v) is 5.55. The van der Waals surface area contributed by atoms with Crippen molar-refractivity contribution in [3.63, 3.8) is 0 Å². The molecule has 2 nitrogen and oxygen atoms in total. The van der Waals surface area contributed by atoms with E-state index in [0.29, 0.717) is 0 Å². The predicted molar refractivity (Wildman–Crippen MR) is 58.5 cm³/mol. The molecule has 0 fully saturated rings. The molecule has 7 heteroatoms. The van der Waals surface area contributed by atoms with Crippen molar-refractivity contribution in [2.45, 2.75) is 13.3 Å². The lowest BCUT2D eigenvalue weighted by atomic mass is 10.1. The van der Waals surface area contributed by atoms with Crippen LogP contribution in [0, 0.1) is 0 Å². The molecule has 0 aromatic heterocycles. The van der Waals surface area contributed by atoms with E-state index in [1.165, 1.54) is 19.1 Å². The third kappa shape index (κ3) is 3.21. The van der Waals surface area contributed by atoms with Gasteiger partial charge in [0.1, 0.15) is 0 Å². The first-order valence-electron chi connectivity index (χ1n) is 3.97. The summed E-state index contributed by atoms with van der Waals surface area (Å²) < 4.78 is 40.2. The molecular formula is C9H5Br2F3O2. The van der Waals surface area contributed by atoms with Gasteiger partial charge in [0.05, 0.1) is 8.95 Å². The molecule has 88 valence electrons. The predicted octanol–water partition coefficient (Wildman–Crippen LogP) is 4.31. The monoisotopic (exact) mass is 360 g/mol. The molecule has 0 atom stereocenters. The number of ketones is 1. The number of halogens is 5. The number of hydrogen-bond acceptors (Lipinski definition) is 2. The van der Waals surface area contributed by atoms with Gasteiger partial charge in [0.15, 0.2) is 11.5 Å². The fourth-order valence-electron chi connectivity index (χ4n) is 1.01. The van der Waals surface area contributed by atoms with Crippen LogP contribution in [-0.2, 0) is 0 Å². The second kappa shape index (κ2) is 4.75. The van der Waals surface area contributed by atoms with Crippen molar-refractivity contribution in [1.29, 1.82) is 0 Å². The van der Waals surface area contributed by atoms with Crippen LogP contribution < -0.4 is 4.74 Å². The van der Waals surface area contributed by atoms with Gasteiger partial charge in [-0.2, -0.15) is 0 Å². The summed E-state index contributed by atoms with van der Waals surface area (Å²) in [6, 6.07) is 2.72. The fraction of sp³-hybridized carbons (Fsp3) is 0.222. The summed E-state index contributed by atoms with van der Waals surface area (Å²) in [6.45, 7) is 1.26. The zero-order chi connectivity index (χ0) is 12.5. The molecule has 0 unspecified atom stereocenters. The second-order valence-corrected chi connectivity index (χ2v) is 4.49. The van der Waals surface area contributed by atoms with Crippen LogP contribution in [0.2, 0.25) is 0 Å². The first kappa shape index (κ1) is 13.5. The van der Waals surface area contributed by atoms with E-state index in [1.54, 1.807) is 0 Å². The third-order valence-corrected chi connectivity index (χ3v) is 3.06. The van der Waals surface area contributed by atoms with Gasteiger partial charge in [-0.3, -0.25) is 4.79 Å². The maximum Gasteiger partial charge on any atom is 0.573 e. The number of alkyl halides is 3. The van der Waals surface area contributed by atoms with Gasteiger partial charge in [-0.25, -0.2) is 0 Å². The van der Waals surface area contributed by atoms with Gasteiger partial charge in [0, 0.05) is 5.56 Å². The molecule has 0 aliphatic rings. The minimum absolute atomic E-state index is 0.0216. The fourth-order valence-corrected chi connectivity index (χ4v) is 2.40. The van der Waals surface area contributed by atoms with Crippen molar-refractivity contribution >= 4 is 37.6 Å². The van der Waals surface area contributed by atoms with Crippen LogP contribution in [0.25, 0.3) is 0 Å². The van der Waals surface area contributed by atoms with Crippen molar-refractivity contribution in [2.24, 2.45) is 0 Å². The van der Waals surface area contributed by atoms with Crippen molar-refractivity contribution < 1.29 is 22.7 Å². The van der Waals surface area contributed by atoms with Crippen molar-refractivity contribution in [2.75, 3.05) is 0 Å². The van der Waals surface area contributed by atoms with E-state index in [4.69, 9.17) is 0 Å². The molecule has 0 aliphatic heterocycles. The maximum atomic E-state index is 12.1. The van der Waals surface area contributed by atoms with E-state index in [9.17, 15) is 18.0 Å². The summed E-state index contributed by atoms with van der Waals surface area (Å²) in [7, 11) is 0. The van der Waals surface area contributed by atoms with E-state index >= 15 is 0 Å². The second-order valence-electron chi connectivity index (χ2n) is 2.84. The minimum atomic E-state index is -4.81. The highest BCUT2D eigenvalue weighted by Crippen LogP contribution is 2.39. The molecule has 0 N–H and O–H groups in total. The van der Waals surface area contributed by atoms with Gasteiger partial charge in [0.2, 0.25) is 0 Å². The molecule has 0 aliphatic carbocycles. The zero-order valence-electron chi connectivity index (χ0n) is 7.86. The van der Waals surface area contributed by atoms with Crippen LogP contribution in [0.1, 0.15) is 17.3 Å². The molecule has 1 rings (SSSR count). The highest BCUT2D eigenvalue weighted by atomic mass is 79.9. The molecule has 1 aromatic rings.